The SMILES string of the molecule is Cc1ccc([C@H](CNC(=O)CNC(=O)c2ccoc2)N2CCCC2)cc1. The summed E-state index contributed by atoms with van der Waals surface area (Å²) < 4.78 is 4.87. The summed E-state index contributed by atoms with van der Waals surface area (Å²) in [6.07, 6.45) is 5.17. The molecule has 1 aromatic carbocycles. The summed E-state index contributed by atoms with van der Waals surface area (Å²) in [6, 6.07) is 10.2. The number of carbonyl (C=O) groups is 2. The van der Waals surface area contributed by atoms with Gasteiger partial charge in [-0.2, -0.15) is 0 Å². The molecule has 6 heteroatoms. The number of hydrogen-bond donors (Lipinski definition) is 2. The van der Waals surface area contributed by atoms with Crippen LogP contribution in [0.3, 0.4) is 0 Å². The number of nitrogens with one attached hydrogen (secondary N) is 2. The Morgan fingerprint density at radius 1 is 1.12 bits per heavy atom. The molecule has 2 N–H and O–H groups in total. The van der Waals surface area contributed by atoms with Gasteiger partial charge in [0, 0.05) is 6.54 Å². The first-order valence-electron chi connectivity index (χ1n) is 9.01. The molecule has 2 aromatic rings. The topological polar surface area (TPSA) is 74.6 Å². The standard InChI is InChI=1S/C20H25N3O3/c1-15-4-6-16(7-5-15)18(23-9-2-3-10-23)12-21-19(24)13-22-20(25)17-8-11-26-14-17/h4-8,11,14,18H,2-3,9-10,12-13H2,1H3,(H,21,24)(H,22,25)/t18-/m0/s1. The molecule has 1 aliphatic rings. The smallest absolute Gasteiger partial charge is 0.254 e. The summed E-state index contributed by atoms with van der Waals surface area (Å²) in [6.45, 7) is 4.64. The van der Waals surface area contributed by atoms with Crippen LogP contribution in [0.5, 0.6) is 0 Å². The van der Waals surface area contributed by atoms with Gasteiger partial charge in [0.05, 0.1) is 24.4 Å². The molecule has 6 nitrogen and oxygen atoms in total. The molecule has 1 saturated heterocycles. The molecule has 0 bridgehead atoms. The average Bonchev–Trinajstić information content (AvgIpc) is 3.35. The fourth-order valence-electron chi connectivity index (χ4n) is 3.23. The highest BCUT2D eigenvalue weighted by Crippen LogP contribution is 2.24. The van der Waals surface area contributed by atoms with Crippen molar-refractivity contribution >= 4 is 11.8 Å². The molecule has 0 aliphatic carbocycles. The van der Waals surface area contributed by atoms with Gasteiger partial charge in [0.2, 0.25) is 5.91 Å². The minimum atomic E-state index is -0.316. The van der Waals surface area contributed by atoms with E-state index >= 15 is 0 Å². The molecule has 3 rings (SSSR count). The lowest BCUT2D eigenvalue weighted by atomic mass is 10.0. The van der Waals surface area contributed by atoms with Gasteiger partial charge < -0.3 is 15.1 Å². The van der Waals surface area contributed by atoms with Crippen molar-refractivity contribution < 1.29 is 14.0 Å². The van der Waals surface area contributed by atoms with E-state index in [1.165, 1.54) is 36.5 Å². The Labute approximate surface area is 153 Å². The predicted molar refractivity (Wildman–Crippen MR) is 98.8 cm³/mol. The lowest BCUT2D eigenvalue weighted by Gasteiger charge is -2.28. The van der Waals surface area contributed by atoms with Crippen molar-refractivity contribution in [3.63, 3.8) is 0 Å². The zero-order valence-corrected chi connectivity index (χ0v) is 15.0. The number of likely N-dealkylation sites (tertiary alicyclic amines) is 1. The van der Waals surface area contributed by atoms with E-state index in [-0.39, 0.29) is 24.4 Å². The number of furan rings is 1. The summed E-state index contributed by atoms with van der Waals surface area (Å²) in [5, 5.41) is 5.56. The number of benzene rings is 1. The van der Waals surface area contributed by atoms with Gasteiger partial charge in [-0.15, -0.1) is 0 Å². The van der Waals surface area contributed by atoms with Gasteiger partial charge in [0.25, 0.3) is 5.91 Å². The Morgan fingerprint density at radius 2 is 1.85 bits per heavy atom. The lowest BCUT2D eigenvalue weighted by molar-refractivity contribution is -0.120. The van der Waals surface area contributed by atoms with Crippen molar-refractivity contribution in [2.24, 2.45) is 0 Å². The maximum absolute atomic E-state index is 12.2. The van der Waals surface area contributed by atoms with Crippen LogP contribution in [-0.4, -0.2) is 42.9 Å². The molecule has 2 heterocycles. The van der Waals surface area contributed by atoms with E-state index < -0.39 is 0 Å². The molecule has 1 atom stereocenters. The monoisotopic (exact) mass is 355 g/mol. The van der Waals surface area contributed by atoms with Gasteiger partial charge in [-0.3, -0.25) is 14.5 Å². The molecule has 0 spiro atoms. The van der Waals surface area contributed by atoms with Crippen LogP contribution in [0.25, 0.3) is 0 Å². The lowest BCUT2D eigenvalue weighted by Crippen LogP contribution is -2.41. The molecule has 2 amide bonds. The predicted octanol–water partition coefficient (Wildman–Crippen LogP) is 2.27. The minimum absolute atomic E-state index is 0.0510. The quantitative estimate of drug-likeness (QED) is 0.799. The number of aryl methyl sites for hydroxylation is 1. The van der Waals surface area contributed by atoms with Crippen LogP contribution in [0, 0.1) is 6.92 Å². The molecule has 1 aliphatic heterocycles. The van der Waals surface area contributed by atoms with Crippen LogP contribution in [0.2, 0.25) is 0 Å². The molecule has 0 unspecified atom stereocenters. The Hall–Kier alpha value is -2.60. The van der Waals surface area contributed by atoms with Crippen molar-refractivity contribution in [3.05, 3.63) is 59.5 Å². The third-order valence-corrected chi connectivity index (χ3v) is 4.73. The van der Waals surface area contributed by atoms with Gasteiger partial charge in [0.1, 0.15) is 6.26 Å². The molecule has 1 fully saturated rings. The van der Waals surface area contributed by atoms with Crippen molar-refractivity contribution in [2.75, 3.05) is 26.2 Å². The first kappa shape index (κ1) is 18.2. The number of rotatable bonds is 7. The Morgan fingerprint density at radius 3 is 2.50 bits per heavy atom. The molecular formula is C20H25N3O3. The minimum Gasteiger partial charge on any atom is -0.472 e. The largest absolute Gasteiger partial charge is 0.472 e. The Bertz CT molecular complexity index is 719. The number of hydrogen-bond acceptors (Lipinski definition) is 4. The fourth-order valence-corrected chi connectivity index (χ4v) is 3.23. The third kappa shape index (κ3) is 4.73. The van der Waals surface area contributed by atoms with Crippen molar-refractivity contribution in [2.45, 2.75) is 25.8 Å². The molecule has 0 saturated carbocycles. The van der Waals surface area contributed by atoms with Crippen molar-refractivity contribution in [1.29, 1.82) is 0 Å². The second-order valence-corrected chi connectivity index (χ2v) is 6.67. The van der Waals surface area contributed by atoms with Gasteiger partial charge in [-0.05, 0) is 44.5 Å². The number of nitrogens with zero attached hydrogens (tertiary/aromatic N) is 1. The number of amides is 2. The summed E-state index contributed by atoms with van der Waals surface area (Å²) in [5.74, 6) is -0.512. The Balaban J connectivity index is 1.54. The Kier molecular flexibility index (Phi) is 6.07. The van der Waals surface area contributed by atoms with Crippen molar-refractivity contribution in [1.82, 2.24) is 15.5 Å². The van der Waals surface area contributed by atoms with Crippen LogP contribution in [-0.2, 0) is 4.79 Å². The van der Waals surface area contributed by atoms with E-state index in [9.17, 15) is 9.59 Å². The highest BCUT2D eigenvalue weighted by atomic mass is 16.3. The van der Waals surface area contributed by atoms with Gasteiger partial charge in [-0.1, -0.05) is 29.8 Å². The van der Waals surface area contributed by atoms with E-state index in [1.54, 1.807) is 6.07 Å². The average molecular weight is 355 g/mol. The first-order chi connectivity index (χ1) is 12.6. The van der Waals surface area contributed by atoms with Gasteiger partial charge >= 0.3 is 0 Å². The normalized spacial score (nSPS) is 15.6. The van der Waals surface area contributed by atoms with Crippen molar-refractivity contribution in [3.8, 4) is 0 Å². The van der Waals surface area contributed by atoms with Crippen LogP contribution in [0.4, 0.5) is 0 Å². The third-order valence-electron chi connectivity index (χ3n) is 4.73. The summed E-state index contributed by atoms with van der Waals surface area (Å²) in [7, 11) is 0. The molecule has 26 heavy (non-hydrogen) atoms. The second-order valence-electron chi connectivity index (χ2n) is 6.67. The van der Waals surface area contributed by atoms with E-state index in [1.807, 2.05) is 0 Å². The summed E-state index contributed by atoms with van der Waals surface area (Å²) >= 11 is 0. The molecular weight excluding hydrogens is 330 g/mol. The number of carbonyl (C=O) groups excluding carboxylic acids is 2. The zero-order valence-electron chi connectivity index (χ0n) is 15.0. The molecule has 0 radical (unpaired) electrons. The summed E-state index contributed by atoms with van der Waals surface area (Å²) in [4.78, 5) is 26.4. The van der Waals surface area contributed by atoms with E-state index in [4.69, 9.17) is 4.42 Å². The molecule has 138 valence electrons. The highest BCUT2D eigenvalue weighted by molar-refractivity contribution is 5.96. The van der Waals surface area contributed by atoms with Crippen LogP contribution >= 0.6 is 0 Å². The fraction of sp³-hybridized carbons (Fsp3) is 0.400. The second kappa shape index (κ2) is 8.67. The maximum atomic E-state index is 12.2. The van der Waals surface area contributed by atoms with Crippen LogP contribution < -0.4 is 10.6 Å². The maximum Gasteiger partial charge on any atom is 0.254 e. The highest BCUT2D eigenvalue weighted by Gasteiger charge is 2.24. The zero-order chi connectivity index (χ0) is 18.4. The van der Waals surface area contributed by atoms with Gasteiger partial charge in [0.15, 0.2) is 0 Å². The van der Waals surface area contributed by atoms with E-state index in [0.717, 1.165) is 13.1 Å². The van der Waals surface area contributed by atoms with E-state index in [2.05, 4.69) is 46.7 Å². The van der Waals surface area contributed by atoms with Crippen LogP contribution in [0.15, 0.2) is 47.3 Å². The first-order valence-corrected chi connectivity index (χ1v) is 9.01. The van der Waals surface area contributed by atoms with Gasteiger partial charge in [-0.25, -0.2) is 0 Å². The van der Waals surface area contributed by atoms with E-state index in [0.29, 0.717) is 12.1 Å². The van der Waals surface area contributed by atoms with Crippen LogP contribution in [0.1, 0.15) is 40.4 Å². The summed E-state index contributed by atoms with van der Waals surface area (Å²) in [5.41, 5.74) is 2.84. The molecule has 1 aromatic heterocycles.